The van der Waals surface area contributed by atoms with E-state index in [1.165, 1.54) is 6.42 Å². The van der Waals surface area contributed by atoms with Gasteiger partial charge in [0.1, 0.15) is 6.10 Å². The van der Waals surface area contributed by atoms with Gasteiger partial charge in [-0.25, -0.2) is 0 Å². The van der Waals surface area contributed by atoms with E-state index in [0.29, 0.717) is 24.3 Å². The summed E-state index contributed by atoms with van der Waals surface area (Å²) < 4.78 is 5.42. The molecule has 0 saturated heterocycles. The summed E-state index contributed by atoms with van der Waals surface area (Å²) >= 11 is 0. The van der Waals surface area contributed by atoms with Gasteiger partial charge >= 0.3 is 5.97 Å². The van der Waals surface area contributed by atoms with Crippen LogP contribution in [0.5, 0.6) is 0 Å². The summed E-state index contributed by atoms with van der Waals surface area (Å²) in [7, 11) is 0. The Balaban J connectivity index is 2.45. The lowest BCUT2D eigenvalue weighted by atomic mass is 9.71. The van der Waals surface area contributed by atoms with E-state index in [0.717, 1.165) is 12.8 Å². The van der Waals surface area contributed by atoms with E-state index >= 15 is 0 Å². The lowest BCUT2D eigenvalue weighted by Crippen LogP contribution is -2.34. The highest BCUT2D eigenvalue weighted by atomic mass is 16.5. The molecule has 2 atom stereocenters. The quantitative estimate of drug-likeness (QED) is 0.730. The van der Waals surface area contributed by atoms with Crippen molar-refractivity contribution in [2.24, 2.45) is 17.1 Å². The fourth-order valence-electron chi connectivity index (χ4n) is 2.71. The Bertz CT molecular complexity index is 226. The number of rotatable bonds is 3. The van der Waals surface area contributed by atoms with Crippen LogP contribution in [0.4, 0.5) is 0 Å². The van der Waals surface area contributed by atoms with Gasteiger partial charge in [-0.15, -0.1) is 0 Å². The van der Waals surface area contributed by atoms with E-state index in [9.17, 15) is 4.79 Å². The second-order valence-electron chi connectivity index (χ2n) is 5.56. The standard InChI is InChI=1S/C12H23NO2/c1-9-6-10(8-12(2,3)7-9)15-11(14)4-5-13/h9-10H,4-8,13H2,1-3H3. The molecule has 0 aliphatic heterocycles. The number of hydrogen-bond donors (Lipinski definition) is 1. The topological polar surface area (TPSA) is 52.3 Å². The van der Waals surface area contributed by atoms with Crippen molar-refractivity contribution < 1.29 is 9.53 Å². The molecule has 1 rings (SSSR count). The molecule has 0 aromatic rings. The highest BCUT2D eigenvalue weighted by molar-refractivity contribution is 5.69. The van der Waals surface area contributed by atoms with Crippen LogP contribution in [0, 0.1) is 11.3 Å². The second kappa shape index (κ2) is 4.97. The van der Waals surface area contributed by atoms with Crippen molar-refractivity contribution in [2.45, 2.75) is 52.6 Å². The molecule has 1 fully saturated rings. The van der Waals surface area contributed by atoms with Crippen LogP contribution in [0.3, 0.4) is 0 Å². The van der Waals surface area contributed by atoms with Gasteiger partial charge in [0.15, 0.2) is 0 Å². The molecule has 0 bridgehead atoms. The lowest BCUT2D eigenvalue weighted by molar-refractivity contribution is -0.153. The summed E-state index contributed by atoms with van der Waals surface area (Å²) in [5, 5.41) is 0. The van der Waals surface area contributed by atoms with Gasteiger partial charge in [0, 0.05) is 6.54 Å². The van der Waals surface area contributed by atoms with E-state index in [2.05, 4.69) is 20.8 Å². The molecular weight excluding hydrogens is 190 g/mol. The molecule has 0 aromatic heterocycles. The van der Waals surface area contributed by atoms with Crippen molar-refractivity contribution in [3.63, 3.8) is 0 Å². The molecule has 2 N–H and O–H groups in total. The van der Waals surface area contributed by atoms with Crippen LogP contribution in [-0.4, -0.2) is 18.6 Å². The number of ether oxygens (including phenoxy) is 1. The first-order valence-electron chi connectivity index (χ1n) is 5.82. The second-order valence-corrected chi connectivity index (χ2v) is 5.56. The minimum Gasteiger partial charge on any atom is -0.462 e. The fraction of sp³-hybridized carbons (Fsp3) is 0.917. The molecule has 1 saturated carbocycles. The number of nitrogens with two attached hydrogens (primary N) is 1. The predicted octanol–water partition coefficient (Wildman–Crippen LogP) is 2.09. The van der Waals surface area contributed by atoms with Crippen molar-refractivity contribution in [2.75, 3.05) is 6.54 Å². The smallest absolute Gasteiger partial charge is 0.307 e. The van der Waals surface area contributed by atoms with Crippen LogP contribution < -0.4 is 5.73 Å². The molecule has 2 unspecified atom stereocenters. The average molecular weight is 213 g/mol. The zero-order valence-corrected chi connectivity index (χ0v) is 10.1. The van der Waals surface area contributed by atoms with Crippen LogP contribution in [0.15, 0.2) is 0 Å². The largest absolute Gasteiger partial charge is 0.462 e. The van der Waals surface area contributed by atoms with Crippen molar-refractivity contribution >= 4 is 5.97 Å². The van der Waals surface area contributed by atoms with Gasteiger partial charge in [0.2, 0.25) is 0 Å². The van der Waals surface area contributed by atoms with Crippen molar-refractivity contribution in [1.82, 2.24) is 0 Å². The third-order valence-electron chi connectivity index (χ3n) is 2.99. The molecule has 0 spiro atoms. The first-order chi connectivity index (χ1) is 6.93. The Morgan fingerprint density at radius 3 is 2.67 bits per heavy atom. The Hall–Kier alpha value is -0.570. The molecule has 1 aliphatic carbocycles. The van der Waals surface area contributed by atoms with E-state index in [1.807, 2.05) is 0 Å². The van der Waals surface area contributed by atoms with Crippen molar-refractivity contribution in [3.05, 3.63) is 0 Å². The maximum Gasteiger partial charge on any atom is 0.307 e. The monoisotopic (exact) mass is 213 g/mol. The minimum absolute atomic E-state index is 0.0998. The summed E-state index contributed by atoms with van der Waals surface area (Å²) in [6.45, 7) is 7.09. The van der Waals surface area contributed by atoms with Gasteiger partial charge < -0.3 is 10.5 Å². The van der Waals surface area contributed by atoms with Gasteiger partial charge in [0.25, 0.3) is 0 Å². The lowest BCUT2D eigenvalue weighted by Gasteiger charge is -2.38. The molecular formula is C12H23NO2. The zero-order chi connectivity index (χ0) is 11.5. The normalized spacial score (nSPS) is 29.9. The highest BCUT2D eigenvalue weighted by Gasteiger charge is 2.33. The molecule has 1 aliphatic rings. The predicted molar refractivity (Wildman–Crippen MR) is 60.3 cm³/mol. The fourth-order valence-corrected chi connectivity index (χ4v) is 2.71. The number of esters is 1. The average Bonchev–Trinajstić information content (AvgIpc) is 1.99. The molecule has 3 nitrogen and oxygen atoms in total. The molecule has 0 radical (unpaired) electrons. The molecule has 3 heteroatoms. The van der Waals surface area contributed by atoms with Gasteiger partial charge in [-0.1, -0.05) is 20.8 Å². The van der Waals surface area contributed by atoms with Crippen molar-refractivity contribution in [1.29, 1.82) is 0 Å². The van der Waals surface area contributed by atoms with E-state index < -0.39 is 0 Å². The van der Waals surface area contributed by atoms with E-state index in [-0.39, 0.29) is 12.1 Å². The first kappa shape index (κ1) is 12.5. The van der Waals surface area contributed by atoms with Gasteiger partial charge in [-0.05, 0) is 30.6 Å². The summed E-state index contributed by atoms with van der Waals surface area (Å²) in [4.78, 5) is 11.3. The number of hydrogen-bond acceptors (Lipinski definition) is 3. The molecule has 0 aromatic carbocycles. The van der Waals surface area contributed by atoms with Crippen LogP contribution in [0.2, 0.25) is 0 Å². The number of carbonyl (C=O) groups is 1. The van der Waals surface area contributed by atoms with Crippen LogP contribution in [-0.2, 0) is 9.53 Å². The molecule has 15 heavy (non-hydrogen) atoms. The Morgan fingerprint density at radius 1 is 1.47 bits per heavy atom. The zero-order valence-electron chi connectivity index (χ0n) is 10.1. The maximum atomic E-state index is 11.3. The summed E-state index contributed by atoms with van der Waals surface area (Å²) in [6.07, 6.45) is 3.64. The van der Waals surface area contributed by atoms with Gasteiger partial charge in [-0.2, -0.15) is 0 Å². The van der Waals surface area contributed by atoms with Gasteiger partial charge in [-0.3, -0.25) is 4.79 Å². The van der Waals surface area contributed by atoms with Crippen LogP contribution in [0.25, 0.3) is 0 Å². The minimum atomic E-state index is -0.146. The van der Waals surface area contributed by atoms with Crippen LogP contribution >= 0.6 is 0 Å². The van der Waals surface area contributed by atoms with Crippen molar-refractivity contribution in [3.8, 4) is 0 Å². The molecule has 88 valence electrons. The highest BCUT2D eigenvalue weighted by Crippen LogP contribution is 2.39. The third-order valence-corrected chi connectivity index (χ3v) is 2.99. The summed E-state index contributed by atoms with van der Waals surface area (Å²) in [6, 6.07) is 0. The molecule has 0 amide bonds. The maximum absolute atomic E-state index is 11.3. The summed E-state index contributed by atoms with van der Waals surface area (Å²) in [5.41, 5.74) is 5.61. The summed E-state index contributed by atoms with van der Waals surface area (Å²) in [5.74, 6) is 0.497. The Kier molecular flexibility index (Phi) is 4.14. The molecule has 0 heterocycles. The Labute approximate surface area is 92.4 Å². The SMILES string of the molecule is CC1CC(OC(=O)CCN)CC(C)(C)C1. The van der Waals surface area contributed by atoms with Gasteiger partial charge in [0.05, 0.1) is 6.42 Å². The van der Waals surface area contributed by atoms with Crippen LogP contribution in [0.1, 0.15) is 46.5 Å². The van der Waals surface area contributed by atoms with E-state index in [4.69, 9.17) is 10.5 Å². The third kappa shape index (κ3) is 4.20. The van der Waals surface area contributed by atoms with E-state index in [1.54, 1.807) is 0 Å². The first-order valence-corrected chi connectivity index (χ1v) is 5.82. The number of carbonyl (C=O) groups excluding carboxylic acids is 1. The Morgan fingerprint density at radius 2 is 2.13 bits per heavy atom.